The number of esters is 2. The number of carbonyl (C=O) groups excluding carboxylic acids is 2. The van der Waals surface area contributed by atoms with E-state index in [1.165, 1.54) is 0 Å². The molecular formula is C22H32O6. The summed E-state index contributed by atoms with van der Waals surface area (Å²) in [4.78, 5) is 25.6. The summed E-state index contributed by atoms with van der Waals surface area (Å²) in [5.74, 6) is -0.346. The fourth-order valence-corrected chi connectivity index (χ4v) is 5.92. The van der Waals surface area contributed by atoms with Crippen molar-refractivity contribution in [3.05, 3.63) is 0 Å². The summed E-state index contributed by atoms with van der Waals surface area (Å²) in [6.45, 7) is 0. The predicted molar refractivity (Wildman–Crippen MR) is 99.5 cm³/mol. The molecule has 0 spiro atoms. The number of ether oxygens (including phenoxy) is 4. The Hall–Kier alpha value is -1.14. The predicted octanol–water partition coefficient (Wildman–Crippen LogP) is 3.30. The molecule has 5 aliphatic rings. The first-order valence-corrected chi connectivity index (χ1v) is 11.4. The molecule has 0 aromatic heterocycles. The summed E-state index contributed by atoms with van der Waals surface area (Å²) in [6.07, 6.45) is 11.3. The Balaban J connectivity index is 1.17. The maximum absolute atomic E-state index is 12.8. The van der Waals surface area contributed by atoms with Crippen molar-refractivity contribution < 1.29 is 28.5 Å². The van der Waals surface area contributed by atoms with Crippen LogP contribution in [0.2, 0.25) is 0 Å². The first-order valence-electron chi connectivity index (χ1n) is 11.4. The van der Waals surface area contributed by atoms with Crippen LogP contribution >= 0.6 is 0 Å². The third kappa shape index (κ3) is 3.95. The number of fused-ring (bicyclic) bond motifs is 4. The van der Waals surface area contributed by atoms with Crippen molar-refractivity contribution in [2.45, 2.75) is 114 Å². The van der Waals surface area contributed by atoms with Crippen molar-refractivity contribution in [3.63, 3.8) is 0 Å². The Morgan fingerprint density at radius 2 is 0.929 bits per heavy atom. The van der Waals surface area contributed by atoms with Crippen molar-refractivity contribution in [2.24, 2.45) is 11.8 Å². The maximum Gasteiger partial charge on any atom is 0.309 e. The number of hydrogen-bond acceptors (Lipinski definition) is 6. The highest BCUT2D eigenvalue weighted by Gasteiger charge is 2.42. The van der Waals surface area contributed by atoms with Gasteiger partial charge in [-0.05, 0) is 77.0 Å². The molecule has 1 aliphatic carbocycles. The fraction of sp³-hybridized carbons (Fsp3) is 0.909. The van der Waals surface area contributed by atoms with Crippen LogP contribution in [0.1, 0.15) is 77.0 Å². The number of rotatable bonds is 4. The van der Waals surface area contributed by atoms with Crippen LogP contribution in [-0.2, 0) is 28.5 Å². The number of carbonyl (C=O) groups is 2. The molecule has 6 heteroatoms. The van der Waals surface area contributed by atoms with Crippen molar-refractivity contribution in [1.82, 2.24) is 0 Å². The van der Waals surface area contributed by atoms with E-state index in [-0.39, 0.29) is 60.4 Å². The largest absolute Gasteiger partial charge is 0.458 e. The average Bonchev–Trinajstić information content (AvgIpc) is 3.22. The standard InChI is InChI=1S/C22H32O6/c23-21(13-9-15-5-6-16(10-13)25-15)27-19-3-1-2-4-20(19)28-22(24)14-11-17-7-8-18(12-14)26-17/h13-20H,1-12H2/t13?,14?,15-,16+,17-,18+,19?,20?. The Kier molecular flexibility index (Phi) is 5.35. The molecule has 0 aromatic carbocycles. The van der Waals surface area contributed by atoms with Crippen LogP contribution in [0.3, 0.4) is 0 Å². The lowest BCUT2D eigenvalue weighted by atomic mass is 9.92. The second kappa shape index (κ2) is 7.94. The molecule has 0 radical (unpaired) electrons. The highest BCUT2D eigenvalue weighted by molar-refractivity contribution is 5.74. The van der Waals surface area contributed by atoms with Crippen molar-refractivity contribution >= 4 is 11.9 Å². The molecule has 4 saturated heterocycles. The Morgan fingerprint density at radius 1 is 0.571 bits per heavy atom. The minimum absolute atomic E-state index is 0.0596. The topological polar surface area (TPSA) is 71.1 Å². The summed E-state index contributed by atoms with van der Waals surface area (Å²) in [7, 11) is 0. The summed E-state index contributed by atoms with van der Waals surface area (Å²) in [6, 6.07) is 0. The highest BCUT2D eigenvalue weighted by Crippen LogP contribution is 2.38. The van der Waals surface area contributed by atoms with Gasteiger partial charge in [0, 0.05) is 0 Å². The zero-order valence-corrected chi connectivity index (χ0v) is 16.6. The van der Waals surface area contributed by atoms with Gasteiger partial charge in [-0.1, -0.05) is 0 Å². The second-order valence-electron chi connectivity index (χ2n) is 9.49. The average molecular weight is 392 g/mol. The summed E-state index contributed by atoms with van der Waals surface area (Å²) >= 11 is 0. The lowest BCUT2D eigenvalue weighted by molar-refractivity contribution is -0.182. The molecule has 4 aliphatic heterocycles. The van der Waals surface area contributed by atoms with E-state index in [4.69, 9.17) is 18.9 Å². The first kappa shape index (κ1) is 18.9. The van der Waals surface area contributed by atoms with Gasteiger partial charge in [-0.3, -0.25) is 9.59 Å². The zero-order chi connectivity index (χ0) is 19.1. The molecule has 0 amide bonds. The first-order chi connectivity index (χ1) is 13.6. The van der Waals surface area contributed by atoms with Gasteiger partial charge in [-0.25, -0.2) is 0 Å². The van der Waals surface area contributed by atoms with E-state index in [0.29, 0.717) is 0 Å². The number of hydrogen-bond donors (Lipinski definition) is 0. The van der Waals surface area contributed by atoms with Gasteiger partial charge >= 0.3 is 11.9 Å². The summed E-state index contributed by atoms with van der Waals surface area (Å²) in [5.41, 5.74) is 0. The van der Waals surface area contributed by atoms with E-state index in [1.54, 1.807) is 0 Å². The van der Waals surface area contributed by atoms with Crippen LogP contribution in [0.25, 0.3) is 0 Å². The third-order valence-electron chi connectivity index (χ3n) is 7.42. The second-order valence-corrected chi connectivity index (χ2v) is 9.49. The summed E-state index contributed by atoms with van der Waals surface area (Å²) in [5, 5.41) is 0. The van der Waals surface area contributed by atoms with Gasteiger partial charge in [0.25, 0.3) is 0 Å². The van der Waals surface area contributed by atoms with E-state index < -0.39 is 0 Å². The quantitative estimate of drug-likeness (QED) is 0.684. The van der Waals surface area contributed by atoms with Gasteiger partial charge in [-0.2, -0.15) is 0 Å². The van der Waals surface area contributed by atoms with Gasteiger partial charge in [0.1, 0.15) is 12.2 Å². The van der Waals surface area contributed by atoms with Gasteiger partial charge in [0.15, 0.2) is 0 Å². The molecule has 0 aromatic rings. The van der Waals surface area contributed by atoms with E-state index in [1.807, 2.05) is 0 Å². The van der Waals surface area contributed by atoms with E-state index in [9.17, 15) is 9.59 Å². The van der Waals surface area contributed by atoms with Gasteiger partial charge in [0.2, 0.25) is 0 Å². The molecular weight excluding hydrogens is 360 g/mol. The fourth-order valence-electron chi connectivity index (χ4n) is 5.92. The molecule has 0 N–H and O–H groups in total. The lowest BCUT2D eigenvalue weighted by Crippen LogP contribution is -2.42. The molecule has 28 heavy (non-hydrogen) atoms. The zero-order valence-electron chi connectivity index (χ0n) is 16.6. The maximum atomic E-state index is 12.8. The lowest BCUT2D eigenvalue weighted by Gasteiger charge is -2.35. The molecule has 4 bridgehead atoms. The Labute approximate surface area is 166 Å². The SMILES string of the molecule is O=C(OC1CCCCC1OC(=O)C1C[C@H]2CC[C@@H](C1)O2)C1C[C@H]2CC[C@@H](C1)O2. The molecule has 8 atom stereocenters. The van der Waals surface area contributed by atoms with E-state index in [2.05, 4.69) is 0 Å². The molecule has 156 valence electrons. The van der Waals surface area contributed by atoms with Crippen LogP contribution in [0.4, 0.5) is 0 Å². The molecule has 5 rings (SSSR count). The molecule has 4 unspecified atom stereocenters. The van der Waals surface area contributed by atoms with Gasteiger partial charge < -0.3 is 18.9 Å². The highest BCUT2D eigenvalue weighted by atomic mass is 16.6. The monoisotopic (exact) mass is 392 g/mol. The normalized spacial score (nSPS) is 44.9. The van der Waals surface area contributed by atoms with Crippen LogP contribution in [0, 0.1) is 11.8 Å². The molecule has 4 heterocycles. The minimum Gasteiger partial charge on any atom is -0.458 e. The van der Waals surface area contributed by atoms with Crippen LogP contribution < -0.4 is 0 Å². The van der Waals surface area contributed by atoms with Crippen LogP contribution in [-0.4, -0.2) is 48.6 Å². The van der Waals surface area contributed by atoms with Crippen molar-refractivity contribution in [2.75, 3.05) is 0 Å². The third-order valence-corrected chi connectivity index (χ3v) is 7.42. The van der Waals surface area contributed by atoms with Gasteiger partial charge in [-0.15, -0.1) is 0 Å². The van der Waals surface area contributed by atoms with Crippen molar-refractivity contribution in [3.8, 4) is 0 Å². The Bertz CT molecular complexity index is 530. The molecule has 5 fully saturated rings. The van der Waals surface area contributed by atoms with Crippen LogP contribution in [0.5, 0.6) is 0 Å². The summed E-state index contributed by atoms with van der Waals surface area (Å²) < 4.78 is 23.5. The van der Waals surface area contributed by atoms with E-state index in [0.717, 1.165) is 77.0 Å². The van der Waals surface area contributed by atoms with Gasteiger partial charge in [0.05, 0.1) is 36.3 Å². The Morgan fingerprint density at radius 3 is 1.29 bits per heavy atom. The molecule has 1 saturated carbocycles. The minimum atomic E-state index is -0.290. The van der Waals surface area contributed by atoms with Crippen LogP contribution in [0.15, 0.2) is 0 Å². The van der Waals surface area contributed by atoms with Crippen molar-refractivity contribution in [1.29, 1.82) is 0 Å². The smallest absolute Gasteiger partial charge is 0.309 e. The van der Waals surface area contributed by atoms with E-state index >= 15 is 0 Å². The molecule has 6 nitrogen and oxygen atoms in total.